The summed E-state index contributed by atoms with van der Waals surface area (Å²) in [6, 6.07) is 7.92. The van der Waals surface area contributed by atoms with Crippen LogP contribution in [-0.4, -0.2) is 36.1 Å². The molecule has 1 aromatic carbocycles. The van der Waals surface area contributed by atoms with Crippen LogP contribution in [0.3, 0.4) is 0 Å². The second-order valence-corrected chi connectivity index (χ2v) is 7.26. The maximum atomic E-state index is 6.05. The number of halogens is 1. The molecule has 1 aromatic heterocycles. The van der Waals surface area contributed by atoms with Crippen molar-refractivity contribution in [2.24, 2.45) is 5.92 Å². The molecule has 0 atom stereocenters. The van der Waals surface area contributed by atoms with E-state index in [0.29, 0.717) is 0 Å². The fraction of sp³-hybridized carbons (Fsp3) is 0.550. The first-order valence-electron chi connectivity index (χ1n) is 9.10. The Bertz CT molecular complexity index is 627. The van der Waals surface area contributed by atoms with E-state index in [2.05, 4.69) is 36.0 Å². The van der Waals surface area contributed by atoms with Crippen LogP contribution >= 0.6 is 11.6 Å². The van der Waals surface area contributed by atoms with Crippen LogP contribution in [0.25, 0.3) is 10.9 Å². The van der Waals surface area contributed by atoms with Crippen molar-refractivity contribution in [1.82, 2.24) is 9.88 Å². The molecule has 24 heavy (non-hydrogen) atoms. The highest BCUT2D eigenvalue weighted by molar-refractivity contribution is 6.31. The van der Waals surface area contributed by atoms with Gasteiger partial charge in [-0.3, -0.25) is 4.98 Å². The molecule has 2 rings (SSSR count). The van der Waals surface area contributed by atoms with Gasteiger partial charge in [-0.15, -0.1) is 0 Å². The Morgan fingerprint density at radius 2 is 2.00 bits per heavy atom. The second-order valence-electron chi connectivity index (χ2n) is 6.82. The number of nitrogens with zero attached hydrogens (tertiary/aromatic N) is 2. The van der Waals surface area contributed by atoms with Crippen molar-refractivity contribution in [2.45, 2.75) is 40.0 Å². The zero-order valence-electron chi connectivity index (χ0n) is 15.2. The summed E-state index contributed by atoms with van der Waals surface area (Å²) in [6.45, 7) is 11.4. The number of aromatic nitrogens is 1. The van der Waals surface area contributed by atoms with Crippen LogP contribution in [0.1, 0.15) is 40.0 Å². The maximum absolute atomic E-state index is 6.05. The van der Waals surface area contributed by atoms with Gasteiger partial charge in [0.05, 0.1) is 5.52 Å². The topological polar surface area (TPSA) is 28.2 Å². The molecular weight excluding hydrogens is 318 g/mol. The van der Waals surface area contributed by atoms with E-state index in [1.165, 1.54) is 25.9 Å². The van der Waals surface area contributed by atoms with Crippen molar-refractivity contribution in [2.75, 3.05) is 31.5 Å². The first-order chi connectivity index (χ1) is 11.6. The Morgan fingerprint density at radius 1 is 1.17 bits per heavy atom. The molecule has 0 unspecified atom stereocenters. The summed E-state index contributed by atoms with van der Waals surface area (Å²) in [5, 5.41) is 5.42. The van der Waals surface area contributed by atoms with E-state index in [0.717, 1.165) is 47.0 Å². The summed E-state index contributed by atoms with van der Waals surface area (Å²) >= 11 is 6.05. The predicted octanol–water partition coefficient (Wildman–Crippen LogP) is 5.45. The molecule has 1 N–H and O–H groups in total. The first kappa shape index (κ1) is 19.0. The van der Waals surface area contributed by atoms with E-state index >= 15 is 0 Å². The van der Waals surface area contributed by atoms with E-state index in [9.17, 15) is 0 Å². The number of fused-ring (bicyclic) bond motifs is 1. The lowest BCUT2D eigenvalue weighted by Gasteiger charge is -2.22. The maximum Gasteiger partial charge on any atom is 0.0737 e. The number of anilines is 1. The second kappa shape index (κ2) is 9.85. The Kier molecular flexibility index (Phi) is 7.80. The molecule has 1 heterocycles. The van der Waals surface area contributed by atoms with Gasteiger partial charge >= 0.3 is 0 Å². The molecule has 0 radical (unpaired) electrons. The Labute approximate surface area is 151 Å². The third-order valence-corrected chi connectivity index (χ3v) is 4.47. The van der Waals surface area contributed by atoms with Crippen molar-refractivity contribution in [3.05, 3.63) is 35.5 Å². The van der Waals surface area contributed by atoms with E-state index in [4.69, 9.17) is 11.6 Å². The highest BCUT2D eigenvalue weighted by atomic mass is 35.5. The van der Waals surface area contributed by atoms with Gasteiger partial charge in [0, 0.05) is 28.8 Å². The van der Waals surface area contributed by atoms with Crippen molar-refractivity contribution in [3.63, 3.8) is 0 Å². The summed E-state index contributed by atoms with van der Waals surface area (Å²) in [5.41, 5.74) is 2.08. The van der Waals surface area contributed by atoms with Crippen molar-refractivity contribution in [1.29, 1.82) is 0 Å². The lowest BCUT2D eigenvalue weighted by atomic mass is 10.1. The average molecular weight is 348 g/mol. The SMILES string of the molecule is CCCN(CCCNc1ccnc2cc(Cl)ccc12)CCC(C)C. The summed E-state index contributed by atoms with van der Waals surface area (Å²) in [4.78, 5) is 6.98. The molecule has 0 aliphatic carbocycles. The summed E-state index contributed by atoms with van der Waals surface area (Å²) < 4.78 is 0. The molecule has 0 aliphatic rings. The first-order valence-corrected chi connectivity index (χ1v) is 9.48. The van der Waals surface area contributed by atoms with Crippen molar-refractivity contribution < 1.29 is 0 Å². The van der Waals surface area contributed by atoms with Gasteiger partial charge in [-0.05, 0) is 69.1 Å². The standard InChI is InChI=1S/C20H30ClN3/c1-4-12-24(14-9-16(2)3)13-5-10-22-19-8-11-23-20-15-17(21)6-7-18(19)20/h6-8,11,15-16H,4-5,9-10,12-14H2,1-3H3,(H,22,23). The number of nitrogens with one attached hydrogen (secondary N) is 1. The molecule has 0 saturated heterocycles. The minimum absolute atomic E-state index is 0.729. The van der Waals surface area contributed by atoms with Crippen LogP contribution in [0.2, 0.25) is 5.02 Å². The van der Waals surface area contributed by atoms with Gasteiger partial charge in [-0.2, -0.15) is 0 Å². The Balaban J connectivity index is 1.85. The molecule has 3 nitrogen and oxygen atoms in total. The van der Waals surface area contributed by atoms with Gasteiger partial charge in [-0.25, -0.2) is 0 Å². The fourth-order valence-electron chi connectivity index (χ4n) is 2.89. The van der Waals surface area contributed by atoms with Crippen LogP contribution in [-0.2, 0) is 0 Å². The van der Waals surface area contributed by atoms with E-state index in [1.54, 1.807) is 0 Å². The predicted molar refractivity (Wildman–Crippen MR) is 106 cm³/mol. The van der Waals surface area contributed by atoms with Crippen LogP contribution in [0.4, 0.5) is 5.69 Å². The third-order valence-electron chi connectivity index (χ3n) is 4.23. The monoisotopic (exact) mass is 347 g/mol. The minimum Gasteiger partial charge on any atom is -0.384 e. The number of hydrogen-bond donors (Lipinski definition) is 1. The normalized spacial score (nSPS) is 11.6. The summed E-state index contributed by atoms with van der Waals surface area (Å²) in [6.07, 6.45) is 5.49. The highest BCUT2D eigenvalue weighted by Crippen LogP contribution is 2.24. The molecule has 0 fully saturated rings. The third kappa shape index (κ3) is 5.95. The van der Waals surface area contributed by atoms with Crippen molar-refractivity contribution in [3.8, 4) is 0 Å². The molecule has 132 valence electrons. The van der Waals surface area contributed by atoms with Crippen LogP contribution in [0.15, 0.2) is 30.5 Å². The van der Waals surface area contributed by atoms with Gasteiger partial charge in [0.1, 0.15) is 0 Å². The Morgan fingerprint density at radius 3 is 2.75 bits per heavy atom. The smallest absolute Gasteiger partial charge is 0.0737 e. The molecular formula is C20H30ClN3. The van der Waals surface area contributed by atoms with Crippen LogP contribution in [0.5, 0.6) is 0 Å². The largest absolute Gasteiger partial charge is 0.384 e. The average Bonchev–Trinajstić information content (AvgIpc) is 2.56. The molecule has 4 heteroatoms. The van der Waals surface area contributed by atoms with E-state index in [1.807, 2.05) is 30.5 Å². The van der Waals surface area contributed by atoms with Gasteiger partial charge in [0.25, 0.3) is 0 Å². The highest BCUT2D eigenvalue weighted by Gasteiger charge is 2.06. The molecule has 0 saturated carbocycles. The zero-order valence-corrected chi connectivity index (χ0v) is 15.9. The van der Waals surface area contributed by atoms with Gasteiger partial charge < -0.3 is 10.2 Å². The van der Waals surface area contributed by atoms with Crippen LogP contribution in [0, 0.1) is 5.92 Å². The molecule has 2 aromatic rings. The number of rotatable bonds is 10. The lowest BCUT2D eigenvalue weighted by molar-refractivity contribution is 0.257. The van der Waals surface area contributed by atoms with E-state index in [-0.39, 0.29) is 0 Å². The molecule has 0 amide bonds. The lowest BCUT2D eigenvalue weighted by Crippen LogP contribution is -2.28. The molecule has 0 spiro atoms. The van der Waals surface area contributed by atoms with Crippen molar-refractivity contribution >= 4 is 28.2 Å². The summed E-state index contributed by atoms with van der Waals surface area (Å²) in [5.74, 6) is 0.775. The molecule has 0 bridgehead atoms. The quantitative estimate of drug-likeness (QED) is 0.579. The Hall–Kier alpha value is -1.32. The van der Waals surface area contributed by atoms with Gasteiger partial charge in [0.15, 0.2) is 0 Å². The molecule has 0 aliphatic heterocycles. The van der Waals surface area contributed by atoms with Gasteiger partial charge in [-0.1, -0.05) is 32.4 Å². The fourth-order valence-corrected chi connectivity index (χ4v) is 3.06. The summed E-state index contributed by atoms with van der Waals surface area (Å²) in [7, 11) is 0. The minimum atomic E-state index is 0.729. The van der Waals surface area contributed by atoms with Crippen LogP contribution < -0.4 is 5.32 Å². The van der Waals surface area contributed by atoms with Gasteiger partial charge in [0.2, 0.25) is 0 Å². The number of hydrogen-bond acceptors (Lipinski definition) is 3. The van der Waals surface area contributed by atoms with E-state index < -0.39 is 0 Å². The zero-order chi connectivity index (χ0) is 17.4. The number of benzene rings is 1. The number of pyridine rings is 1.